The summed E-state index contributed by atoms with van der Waals surface area (Å²) in [5.74, 6) is 0. The third-order valence-corrected chi connectivity index (χ3v) is 11.9. The fourth-order valence-electron chi connectivity index (χ4n) is 9.08. The molecule has 1 aliphatic rings. The highest BCUT2D eigenvalue weighted by Crippen LogP contribution is 2.53. The van der Waals surface area contributed by atoms with Gasteiger partial charge in [-0.05, 0) is 103 Å². The van der Waals surface area contributed by atoms with E-state index in [0.717, 1.165) is 17.1 Å². The third kappa shape index (κ3) is 6.13. The molecule has 9 aromatic carbocycles. The molecule has 0 heterocycles. The minimum absolute atomic E-state index is 0.0548. The fraction of sp³-hybridized carbons (Fsp3) is 0.0526. The van der Waals surface area contributed by atoms with Crippen LogP contribution in [0.5, 0.6) is 0 Å². The fourth-order valence-corrected chi connectivity index (χ4v) is 9.08. The van der Waals surface area contributed by atoms with Gasteiger partial charge in [0.1, 0.15) is 0 Å². The van der Waals surface area contributed by atoms with Crippen molar-refractivity contribution in [2.24, 2.45) is 0 Å². The van der Waals surface area contributed by atoms with Gasteiger partial charge in [0.05, 0.1) is 5.69 Å². The van der Waals surface area contributed by atoms with Crippen molar-refractivity contribution in [1.82, 2.24) is 0 Å². The average Bonchev–Trinajstić information content (AvgIpc) is 3.53. The predicted octanol–water partition coefficient (Wildman–Crippen LogP) is 15.8. The van der Waals surface area contributed by atoms with Crippen molar-refractivity contribution in [2.75, 3.05) is 4.90 Å². The van der Waals surface area contributed by atoms with Crippen molar-refractivity contribution in [3.8, 4) is 66.8 Å². The molecule has 0 N–H and O–H groups in total. The van der Waals surface area contributed by atoms with E-state index in [1.54, 1.807) is 0 Å². The molecule has 0 radical (unpaired) electrons. The van der Waals surface area contributed by atoms with Gasteiger partial charge in [0.2, 0.25) is 0 Å². The van der Waals surface area contributed by atoms with Gasteiger partial charge in [0.25, 0.3) is 0 Å². The Morgan fingerprint density at radius 1 is 0.276 bits per heavy atom. The van der Waals surface area contributed by atoms with E-state index in [1.807, 2.05) is 0 Å². The predicted molar refractivity (Wildman–Crippen MR) is 246 cm³/mol. The standard InChI is InChI=1S/C57H43N/c1-57(2)52-29-15-14-26-51(52)55-48(27-16-30-53(55)57)44-34-38-46(39-35-44)58(45-36-32-41(33-37-45)40-18-6-3-7-19-40)54-31-17-28-49(43-22-10-5-11-23-43)56(54)50-25-13-12-24-47(50)42-20-8-4-9-21-42/h3-39H,1-2H3. The number of hydrogen-bond donors (Lipinski definition) is 0. The Morgan fingerprint density at radius 2 is 0.672 bits per heavy atom. The molecule has 0 atom stereocenters. The monoisotopic (exact) mass is 741 g/mol. The summed E-state index contributed by atoms with van der Waals surface area (Å²) in [7, 11) is 0. The van der Waals surface area contributed by atoms with Crippen LogP contribution in [-0.2, 0) is 5.41 Å². The van der Waals surface area contributed by atoms with Gasteiger partial charge >= 0.3 is 0 Å². The largest absolute Gasteiger partial charge is 0.310 e. The number of benzene rings is 9. The maximum atomic E-state index is 2.44. The Bertz CT molecular complexity index is 2870. The molecule has 276 valence electrons. The Morgan fingerprint density at radius 3 is 1.29 bits per heavy atom. The van der Waals surface area contributed by atoms with Crippen molar-refractivity contribution < 1.29 is 0 Å². The zero-order valence-corrected chi connectivity index (χ0v) is 32.8. The SMILES string of the molecule is CC1(C)c2ccccc2-c2c(-c3ccc(N(c4ccc(-c5ccccc5)cc4)c4cccc(-c5ccccc5)c4-c4ccccc4-c4ccccc4)cc3)cccc21. The molecule has 10 rings (SSSR count). The maximum absolute atomic E-state index is 2.44. The Balaban J connectivity index is 1.18. The van der Waals surface area contributed by atoms with Crippen LogP contribution < -0.4 is 4.90 Å². The molecule has 58 heavy (non-hydrogen) atoms. The first-order chi connectivity index (χ1) is 28.6. The number of rotatable bonds is 8. The van der Waals surface area contributed by atoms with Crippen molar-refractivity contribution in [2.45, 2.75) is 19.3 Å². The van der Waals surface area contributed by atoms with Gasteiger partial charge in [0, 0.05) is 22.4 Å². The van der Waals surface area contributed by atoms with E-state index in [4.69, 9.17) is 0 Å². The summed E-state index contributed by atoms with van der Waals surface area (Å²) in [5.41, 5.74) is 20.7. The normalized spacial score (nSPS) is 12.4. The van der Waals surface area contributed by atoms with Crippen LogP contribution in [0.4, 0.5) is 17.1 Å². The second-order valence-corrected chi connectivity index (χ2v) is 15.7. The molecule has 1 aliphatic carbocycles. The van der Waals surface area contributed by atoms with Crippen molar-refractivity contribution in [3.05, 3.63) is 236 Å². The van der Waals surface area contributed by atoms with E-state index in [2.05, 4.69) is 243 Å². The summed E-state index contributed by atoms with van der Waals surface area (Å²) >= 11 is 0. The van der Waals surface area contributed by atoms with Crippen LogP contribution in [-0.4, -0.2) is 0 Å². The van der Waals surface area contributed by atoms with Gasteiger partial charge in [-0.15, -0.1) is 0 Å². The van der Waals surface area contributed by atoms with Crippen molar-refractivity contribution in [1.29, 1.82) is 0 Å². The van der Waals surface area contributed by atoms with Crippen molar-refractivity contribution in [3.63, 3.8) is 0 Å². The minimum atomic E-state index is -0.0548. The molecular formula is C57H43N. The van der Waals surface area contributed by atoms with Gasteiger partial charge in [-0.2, -0.15) is 0 Å². The van der Waals surface area contributed by atoms with Gasteiger partial charge in [-0.1, -0.05) is 208 Å². The van der Waals surface area contributed by atoms with Crippen LogP contribution in [0, 0.1) is 0 Å². The molecule has 1 heteroatoms. The van der Waals surface area contributed by atoms with E-state index in [1.165, 1.54) is 77.9 Å². The summed E-state index contributed by atoms with van der Waals surface area (Å²) in [4.78, 5) is 2.44. The van der Waals surface area contributed by atoms with E-state index in [9.17, 15) is 0 Å². The summed E-state index contributed by atoms with van der Waals surface area (Å²) in [6, 6.07) is 81.8. The van der Waals surface area contributed by atoms with Gasteiger partial charge in [-0.3, -0.25) is 0 Å². The second kappa shape index (κ2) is 14.7. The molecule has 9 aromatic rings. The molecule has 0 fully saturated rings. The van der Waals surface area contributed by atoms with E-state index >= 15 is 0 Å². The van der Waals surface area contributed by atoms with Crippen LogP contribution in [0.2, 0.25) is 0 Å². The summed E-state index contributed by atoms with van der Waals surface area (Å²) < 4.78 is 0. The lowest BCUT2D eigenvalue weighted by atomic mass is 9.82. The van der Waals surface area contributed by atoms with Crippen LogP contribution in [0.25, 0.3) is 66.8 Å². The zero-order valence-electron chi connectivity index (χ0n) is 32.8. The van der Waals surface area contributed by atoms with Gasteiger partial charge in [-0.25, -0.2) is 0 Å². The molecule has 0 aliphatic heterocycles. The first kappa shape index (κ1) is 35.2. The lowest BCUT2D eigenvalue weighted by Gasteiger charge is -2.30. The minimum Gasteiger partial charge on any atom is -0.310 e. The van der Waals surface area contributed by atoms with Crippen LogP contribution in [0.15, 0.2) is 224 Å². The second-order valence-electron chi connectivity index (χ2n) is 15.7. The zero-order chi connectivity index (χ0) is 39.1. The van der Waals surface area contributed by atoms with Crippen molar-refractivity contribution >= 4 is 17.1 Å². The number of anilines is 3. The van der Waals surface area contributed by atoms with Gasteiger partial charge in [0.15, 0.2) is 0 Å². The average molecular weight is 742 g/mol. The van der Waals surface area contributed by atoms with Gasteiger partial charge < -0.3 is 4.90 Å². The first-order valence-electron chi connectivity index (χ1n) is 20.2. The molecule has 0 spiro atoms. The topological polar surface area (TPSA) is 3.24 Å². The maximum Gasteiger partial charge on any atom is 0.0546 e. The highest BCUT2D eigenvalue weighted by molar-refractivity contribution is 6.01. The molecule has 0 bridgehead atoms. The van der Waals surface area contributed by atoms with E-state index < -0.39 is 0 Å². The molecule has 0 saturated heterocycles. The number of hydrogen-bond acceptors (Lipinski definition) is 1. The molecule has 0 amide bonds. The van der Waals surface area contributed by atoms with E-state index in [-0.39, 0.29) is 5.41 Å². The molecule has 0 aromatic heterocycles. The molecular weight excluding hydrogens is 699 g/mol. The smallest absolute Gasteiger partial charge is 0.0546 e. The number of nitrogens with zero attached hydrogens (tertiary/aromatic N) is 1. The Labute approximate surface area is 342 Å². The molecule has 0 saturated carbocycles. The summed E-state index contributed by atoms with van der Waals surface area (Å²) in [5, 5.41) is 0. The molecule has 0 unspecified atom stereocenters. The number of fused-ring (bicyclic) bond motifs is 3. The summed E-state index contributed by atoms with van der Waals surface area (Å²) in [6.07, 6.45) is 0. The Hall–Kier alpha value is -7.22. The third-order valence-electron chi connectivity index (χ3n) is 11.9. The summed E-state index contributed by atoms with van der Waals surface area (Å²) in [6.45, 7) is 4.70. The van der Waals surface area contributed by atoms with E-state index in [0.29, 0.717) is 0 Å². The molecule has 1 nitrogen and oxygen atoms in total. The highest BCUT2D eigenvalue weighted by Gasteiger charge is 2.36. The highest BCUT2D eigenvalue weighted by atomic mass is 15.1. The quantitative estimate of drug-likeness (QED) is 0.150. The lowest BCUT2D eigenvalue weighted by molar-refractivity contribution is 0.660. The van der Waals surface area contributed by atoms with Crippen LogP contribution in [0.3, 0.4) is 0 Å². The van der Waals surface area contributed by atoms with Crippen LogP contribution >= 0.6 is 0 Å². The Kier molecular flexibility index (Phi) is 8.92. The lowest BCUT2D eigenvalue weighted by Crippen LogP contribution is -2.14. The van der Waals surface area contributed by atoms with Crippen LogP contribution in [0.1, 0.15) is 25.0 Å². The first-order valence-corrected chi connectivity index (χ1v) is 20.2.